The Kier molecular flexibility index (Phi) is 6.26. The molecular weight excluding hydrogens is 256 g/mol. The Morgan fingerprint density at radius 2 is 2.05 bits per heavy atom. The van der Waals surface area contributed by atoms with E-state index in [9.17, 15) is 0 Å². The Bertz CT molecular complexity index is 394. The maximum atomic E-state index is 5.80. The van der Waals surface area contributed by atoms with Crippen LogP contribution in [0.25, 0.3) is 0 Å². The van der Waals surface area contributed by atoms with Crippen LogP contribution in [-0.2, 0) is 9.47 Å². The minimum atomic E-state index is 0.0950. The van der Waals surface area contributed by atoms with Crippen molar-refractivity contribution in [2.24, 2.45) is 11.8 Å². The van der Waals surface area contributed by atoms with Gasteiger partial charge >= 0.3 is 0 Å². The van der Waals surface area contributed by atoms with Gasteiger partial charge in [-0.1, -0.05) is 18.2 Å². The summed E-state index contributed by atoms with van der Waals surface area (Å²) in [6, 6.07) is 8.14. The highest BCUT2D eigenvalue weighted by atomic mass is 16.5. The highest BCUT2D eigenvalue weighted by Crippen LogP contribution is 2.34. The molecule has 0 radical (unpaired) electrons. The van der Waals surface area contributed by atoms with Crippen molar-refractivity contribution < 1.29 is 14.2 Å². The number of para-hydroxylation sites is 1. The fourth-order valence-electron chi connectivity index (χ4n) is 2.63. The van der Waals surface area contributed by atoms with Crippen LogP contribution in [0.3, 0.4) is 0 Å². The van der Waals surface area contributed by atoms with Gasteiger partial charge in [-0.05, 0) is 24.8 Å². The zero-order valence-corrected chi connectivity index (χ0v) is 12.0. The van der Waals surface area contributed by atoms with Crippen LogP contribution < -0.4 is 16.0 Å². The van der Waals surface area contributed by atoms with Gasteiger partial charge < -0.3 is 14.2 Å². The molecule has 0 bridgehead atoms. The Labute approximate surface area is 120 Å². The van der Waals surface area contributed by atoms with E-state index in [0.29, 0.717) is 19.1 Å². The summed E-state index contributed by atoms with van der Waals surface area (Å²) in [4.78, 5) is 0. The lowest BCUT2D eigenvalue weighted by Crippen LogP contribution is -2.36. The van der Waals surface area contributed by atoms with E-state index in [1.807, 2.05) is 18.2 Å². The molecule has 5 nitrogen and oxygen atoms in total. The number of nitrogens with two attached hydrogens (primary N) is 1. The molecule has 2 rings (SSSR count). The average Bonchev–Trinajstić information content (AvgIpc) is 2.51. The molecule has 0 aliphatic carbocycles. The van der Waals surface area contributed by atoms with Gasteiger partial charge in [-0.15, -0.1) is 0 Å². The van der Waals surface area contributed by atoms with Crippen LogP contribution in [0, 0.1) is 5.92 Å². The summed E-state index contributed by atoms with van der Waals surface area (Å²) < 4.78 is 16.2. The first-order valence-corrected chi connectivity index (χ1v) is 7.11. The minimum absolute atomic E-state index is 0.0950. The van der Waals surface area contributed by atoms with E-state index < -0.39 is 0 Å². The SMILES string of the molecule is COCCOc1ccccc1C(NN)C1CCOCC1. The van der Waals surface area contributed by atoms with Gasteiger partial charge in [-0.2, -0.15) is 0 Å². The lowest BCUT2D eigenvalue weighted by molar-refractivity contribution is 0.0530. The summed E-state index contributed by atoms with van der Waals surface area (Å²) in [6.07, 6.45) is 2.03. The number of methoxy groups -OCH3 is 1. The number of nitrogens with one attached hydrogen (secondary N) is 1. The molecule has 1 fully saturated rings. The lowest BCUT2D eigenvalue weighted by Gasteiger charge is -2.31. The minimum Gasteiger partial charge on any atom is -0.491 e. The fraction of sp³-hybridized carbons (Fsp3) is 0.600. The smallest absolute Gasteiger partial charge is 0.124 e. The van der Waals surface area contributed by atoms with Crippen LogP contribution in [0.5, 0.6) is 5.75 Å². The normalized spacial score (nSPS) is 17.9. The van der Waals surface area contributed by atoms with Crippen LogP contribution in [0.15, 0.2) is 24.3 Å². The van der Waals surface area contributed by atoms with Gasteiger partial charge in [0.1, 0.15) is 12.4 Å². The summed E-state index contributed by atoms with van der Waals surface area (Å²) in [7, 11) is 1.67. The zero-order valence-electron chi connectivity index (χ0n) is 12.0. The Balaban J connectivity index is 2.11. The van der Waals surface area contributed by atoms with Crippen molar-refractivity contribution in [3.63, 3.8) is 0 Å². The lowest BCUT2D eigenvalue weighted by atomic mass is 9.87. The third-order valence-corrected chi connectivity index (χ3v) is 3.72. The van der Waals surface area contributed by atoms with Gasteiger partial charge in [0.2, 0.25) is 0 Å². The van der Waals surface area contributed by atoms with Gasteiger partial charge in [0.25, 0.3) is 0 Å². The summed E-state index contributed by atoms with van der Waals surface area (Å²) >= 11 is 0. The summed E-state index contributed by atoms with van der Waals surface area (Å²) in [5.74, 6) is 7.14. The van der Waals surface area contributed by atoms with Crippen LogP contribution in [0.4, 0.5) is 0 Å². The van der Waals surface area contributed by atoms with Crippen molar-refractivity contribution in [2.45, 2.75) is 18.9 Å². The van der Waals surface area contributed by atoms with Crippen molar-refractivity contribution in [3.8, 4) is 5.75 Å². The van der Waals surface area contributed by atoms with Gasteiger partial charge in [0, 0.05) is 25.9 Å². The Hall–Kier alpha value is -1.14. The molecule has 0 aromatic heterocycles. The van der Waals surface area contributed by atoms with Crippen molar-refractivity contribution in [2.75, 3.05) is 33.5 Å². The molecule has 0 spiro atoms. The highest BCUT2D eigenvalue weighted by molar-refractivity contribution is 5.36. The van der Waals surface area contributed by atoms with Crippen molar-refractivity contribution in [3.05, 3.63) is 29.8 Å². The summed E-state index contributed by atoms with van der Waals surface area (Å²) in [6.45, 7) is 2.72. The second-order valence-electron chi connectivity index (χ2n) is 4.97. The molecular formula is C15H24N2O3. The van der Waals surface area contributed by atoms with Gasteiger partial charge in [-0.25, -0.2) is 0 Å². The third kappa shape index (κ3) is 3.93. The number of hydrogen-bond acceptors (Lipinski definition) is 5. The van der Waals surface area contributed by atoms with E-state index in [1.54, 1.807) is 7.11 Å². The molecule has 5 heteroatoms. The monoisotopic (exact) mass is 280 g/mol. The molecule has 0 saturated carbocycles. The van der Waals surface area contributed by atoms with Crippen LogP contribution in [0.2, 0.25) is 0 Å². The van der Waals surface area contributed by atoms with Crippen molar-refractivity contribution in [1.82, 2.24) is 5.43 Å². The predicted octanol–water partition coefficient (Wildman–Crippen LogP) is 1.64. The van der Waals surface area contributed by atoms with Gasteiger partial charge in [0.15, 0.2) is 0 Å². The number of ether oxygens (including phenoxy) is 3. The fourth-order valence-corrected chi connectivity index (χ4v) is 2.63. The Morgan fingerprint density at radius 1 is 1.30 bits per heavy atom. The van der Waals surface area contributed by atoms with Crippen LogP contribution in [-0.4, -0.2) is 33.5 Å². The molecule has 20 heavy (non-hydrogen) atoms. The topological polar surface area (TPSA) is 65.7 Å². The van der Waals surface area contributed by atoms with Crippen LogP contribution in [0.1, 0.15) is 24.4 Å². The molecule has 1 atom stereocenters. The van der Waals surface area contributed by atoms with Crippen LogP contribution >= 0.6 is 0 Å². The number of hydrazine groups is 1. The molecule has 3 N–H and O–H groups in total. The first kappa shape index (κ1) is 15.3. The maximum absolute atomic E-state index is 5.80. The van der Waals surface area contributed by atoms with E-state index in [0.717, 1.165) is 37.4 Å². The zero-order chi connectivity index (χ0) is 14.2. The van der Waals surface area contributed by atoms with Gasteiger partial charge in [-0.3, -0.25) is 11.3 Å². The maximum Gasteiger partial charge on any atom is 0.124 e. The largest absolute Gasteiger partial charge is 0.491 e. The van der Waals surface area contributed by atoms with Gasteiger partial charge in [0.05, 0.1) is 12.6 Å². The third-order valence-electron chi connectivity index (χ3n) is 3.72. The van der Waals surface area contributed by atoms with E-state index in [1.165, 1.54) is 0 Å². The quantitative estimate of drug-likeness (QED) is 0.451. The molecule has 1 aromatic carbocycles. The summed E-state index contributed by atoms with van der Waals surface area (Å²) in [5, 5.41) is 0. The van der Waals surface area contributed by atoms with E-state index >= 15 is 0 Å². The molecule has 1 aromatic rings. The van der Waals surface area contributed by atoms with E-state index in [4.69, 9.17) is 20.1 Å². The molecule has 1 aliphatic heterocycles. The average molecular weight is 280 g/mol. The predicted molar refractivity (Wildman–Crippen MR) is 77.4 cm³/mol. The van der Waals surface area contributed by atoms with Crippen molar-refractivity contribution in [1.29, 1.82) is 0 Å². The van der Waals surface area contributed by atoms with E-state index in [2.05, 4.69) is 11.5 Å². The second-order valence-corrected chi connectivity index (χ2v) is 4.97. The molecule has 0 amide bonds. The second kappa shape index (κ2) is 8.21. The summed E-state index contributed by atoms with van der Waals surface area (Å²) in [5.41, 5.74) is 4.06. The number of rotatable bonds is 7. The standard InChI is InChI=1S/C15H24N2O3/c1-18-10-11-20-14-5-3-2-4-13(14)15(17-16)12-6-8-19-9-7-12/h2-5,12,15,17H,6-11,16H2,1H3. The number of benzene rings is 1. The first-order chi connectivity index (χ1) is 9.86. The molecule has 1 saturated heterocycles. The highest BCUT2D eigenvalue weighted by Gasteiger charge is 2.26. The molecule has 1 heterocycles. The first-order valence-electron chi connectivity index (χ1n) is 7.11. The molecule has 112 valence electrons. The Morgan fingerprint density at radius 3 is 2.75 bits per heavy atom. The molecule has 1 unspecified atom stereocenters. The van der Waals surface area contributed by atoms with Crippen molar-refractivity contribution >= 4 is 0 Å². The van der Waals surface area contributed by atoms with E-state index in [-0.39, 0.29) is 6.04 Å². The number of hydrogen-bond donors (Lipinski definition) is 2. The molecule has 1 aliphatic rings.